The summed E-state index contributed by atoms with van der Waals surface area (Å²) in [6.07, 6.45) is 5.00. The van der Waals surface area contributed by atoms with Crippen molar-refractivity contribution in [2.75, 3.05) is 26.4 Å². The van der Waals surface area contributed by atoms with Gasteiger partial charge in [0.25, 0.3) is 0 Å². The Morgan fingerprint density at radius 2 is 2.12 bits per heavy atom. The molecule has 1 aliphatic carbocycles. The summed E-state index contributed by atoms with van der Waals surface area (Å²) in [5.74, 6) is 0.399. The highest BCUT2D eigenvalue weighted by atomic mass is 16.5. The van der Waals surface area contributed by atoms with Crippen LogP contribution in [0.25, 0.3) is 0 Å². The topological polar surface area (TPSA) is 47.6 Å². The number of carbonyl (C=O) groups is 1. The average Bonchev–Trinajstić information content (AvgIpc) is 2.97. The van der Waals surface area contributed by atoms with E-state index >= 15 is 0 Å². The Hall–Kier alpha value is -0.610. The predicted octanol–water partition coefficient (Wildman–Crippen LogP) is 1.34. The third kappa shape index (κ3) is 3.42. The Morgan fingerprint density at radius 1 is 1.35 bits per heavy atom. The van der Waals surface area contributed by atoms with Gasteiger partial charge in [0.15, 0.2) is 0 Å². The van der Waals surface area contributed by atoms with Crippen molar-refractivity contribution < 1.29 is 14.3 Å². The first-order valence-corrected chi connectivity index (χ1v) is 6.79. The Morgan fingerprint density at radius 3 is 2.82 bits per heavy atom. The zero-order valence-electron chi connectivity index (χ0n) is 10.6. The van der Waals surface area contributed by atoms with Gasteiger partial charge in [-0.05, 0) is 25.3 Å². The Balaban J connectivity index is 1.74. The van der Waals surface area contributed by atoms with E-state index < -0.39 is 0 Å². The van der Waals surface area contributed by atoms with Crippen LogP contribution in [-0.2, 0) is 14.3 Å². The summed E-state index contributed by atoms with van der Waals surface area (Å²) >= 11 is 0. The van der Waals surface area contributed by atoms with Gasteiger partial charge in [-0.3, -0.25) is 4.79 Å². The number of likely N-dealkylation sites (N-methyl/N-ethyl adjacent to an activating group) is 1. The Kier molecular flexibility index (Phi) is 4.80. The molecule has 2 unspecified atom stereocenters. The predicted molar refractivity (Wildman–Crippen MR) is 64.7 cm³/mol. The first-order chi connectivity index (χ1) is 8.31. The molecule has 4 heteroatoms. The van der Waals surface area contributed by atoms with E-state index in [2.05, 4.69) is 5.32 Å². The lowest BCUT2D eigenvalue weighted by Crippen LogP contribution is -2.40. The molecule has 1 heterocycles. The lowest BCUT2D eigenvalue weighted by atomic mass is 10.0. The number of esters is 1. The summed E-state index contributed by atoms with van der Waals surface area (Å²) < 4.78 is 10.8. The van der Waals surface area contributed by atoms with Crippen molar-refractivity contribution in [1.29, 1.82) is 0 Å². The molecule has 2 atom stereocenters. The second-order valence-electron chi connectivity index (χ2n) is 5.09. The van der Waals surface area contributed by atoms with E-state index in [1.165, 1.54) is 25.7 Å². The number of hydrogen-bond donors (Lipinski definition) is 1. The molecule has 0 spiro atoms. The van der Waals surface area contributed by atoms with Crippen LogP contribution in [-0.4, -0.2) is 38.4 Å². The first-order valence-electron chi connectivity index (χ1n) is 6.79. The molecule has 2 aliphatic rings. The van der Waals surface area contributed by atoms with Gasteiger partial charge in [-0.15, -0.1) is 0 Å². The quantitative estimate of drug-likeness (QED) is 0.738. The van der Waals surface area contributed by atoms with Gasteiger partial charge in [0.2, 0.25) is 0 Å². The maximum Gasteiger partial charge on any atom is 0.312 e. The first kappa shape index (κ1) is 12.8. The molecule has 0 radical (unpaired) electrons. The fourth-order valence-electron chi connectivity index (χ4n) is 2.73. The monoisotopic (exact) mass is 241 g/mol. The van der Waals surface area contributed by atoms with Gasteiger partial charge in [0.1, 0.15) is 0 Å². The highest BCUT2D eigenvalue weighted by Gasteiger charge is 2.35. The summed E-state index contributed by atoms with van der Waals surface area (Å²) in [7, 11) is 0. The van der Waals surface area contributed by atoms with Gasteiger partial charge in [0.05, 0.1) is 25.7 Å². The van der Waals surface area contributed by atoms with Crippen molar-refractivity contribution in [3.63, 3.8) is 0 Å². The third-order valence-corrected chi connectivity index (χ3v) is 3.79. The van der Waals surface area contributed by atoms with Crippen molar-refractivity contribution in [3.8, 4) is 0 Å². The lowest BCUT2D eigenvalue weighted by Gasteiger charge is -2.18. The molecular weight excluding hydrogens is 218 g/mol. The minimum atomic E-state index is -0.114. The molecule has 1 saturated carbocycles. The summed E-state index contributed by atoms with van der Waals surface area (Å²) in [4.78, 5) is 11.9. The Labute approximate surface area is 103 Å². The highest BCUT2D eigenvalue weighted by Crippen LogP contribution is 2.25. The van der Waals surface area contributed by atoms with Crippen LogP contribution >= 0.6 is 0 Å². The lowest BCUT2D eigenvalue weighted by molar-refractivity contribution is -0.150. The van der Waals surface area contributed by atoms with Crippen LogP contribution in [0.5, 0.6) is 0 Å². The van der Waals surface area contributed by atoms with E-state index in [0.29, 0.717) is 25.7 Å². The molecule has 0 aromatic rings. The van der Waals surface area contributed by atoms with Crippen LogP contribution in [0.3, 0.4) is 0 Å². The van der Waals surface area contributed by atoms with Crippen LogP contribution in [0.4, 0.5) is 0 Å². The van der Waals surface area contributed by atoms with Crippen LogP contribution in [0.15, 0.2) is 0 Å². The maximum absolute atomic E-state index is 11.9. The fourth-order valence-corrected chi connectivity index (χ4v) is 2.73. The number of carbonyl (C=O) groups excluding carboxylic acids is 1. The summed E-state index contributed by atoms with van der Waals surface area (Å²) in [5.41, 5.74) is 0. The molecule has 17 heavy (non-hydrogen) atoms. The molecular formula is C13H23NO3. The minimum Gasteiger partial charge on any atom is -0.465 e. The molecule has 1 aliphatic heterocycles. The normalized spacial score (nSPS) is 29.7. The minimum absolute atomic E-state index is 0.0830. The van der Waals surface area contributed by atoms with Crippen molar-refractivity contribution >= 4 is 5.97 Å². The van der Waals surface area contributed by atoms with Gasteiger partial charge in [-0.25, -0.2) is 0 Å². The van der Waals surface area contributed by atoms with Gasteiger partial charge in [0, 0.05) is 6.04 Å². The van der Waals surface area contributed by atoms with Crippen molar-refractivity contribution in [2.45, 2.75) is 38.6 Å². The molecule has 2 fully saturated rings. The van der Waals surface area contributed by atoms with Gasteiger partial charge < -0.3 is 14.8 Å². The zero-order chi connectivity index (χ0) is 12.1. The second kappa shape index (κ2) is 6.36. The third-order valence-electron chi connectivity index (χ3n) is 3.79. The van der Waals surface area contributed by atoms with Crippen molar-refractivity contribution in [2.24, 2.45) is 11.8 Å². The number of ether oxygens (including phenoxy) is 2. The van der Waals surface area contributed by atoms with E-state index in [-0.39, 0.29) is 17.9 Å². The fraction of sp³-hybridized carbons (Fsp3) is 0.923. The van der Waals surface area contributed by atoms with Crippen LogP contribution in [0.1, 0.15) is 32.6 Å². The molecule has 1 saturated heterocycles. The van der Waals surface area contributed by atoms with Gasteiger partial charge in [-0.1, -0.05) is 19.8 Å². The zero-order valence-corrected chi connectivity index (χ0v) is 10.6. The van der Waals surface area contributed by atoms with E-state index in [9.17, 15) is 4.79 Å². The van der Waals surface area contributed by atoms with E-state index in [4.69, 9.17) is 9.47 Å². The SMILES string of the molecule is CCNC1COCC1C(=O)OCC1CCCC1. The Bertz CT molecular complexity index is 251. The molecule has 0 aromatic carbocycles. The maximum atomic E-state index is 11.9. The van der Waals surface area contributed by atoms with Crippen molar-refractivity contribution in [1.82, 2.24) is 5.32 Å². The number of rotatable bonds is 5. The smallest absolute Gasteiger partial charge is 0.312 e. The number of hydrogen-bond acceptors (Lipinski definition) is 4. The van der Waals surface area contributed by atoms with E-state index in [0.717, 1.165) is 6.54 Å². The van der Waals surface area contributed by atoms with Crippen LogP contribution in [0, 0.1) is 11.8 Å². The van der Waals surface area contributed by atoms with E-state index in [1.807, 2.05) is 6.92 Å². The van der Waals surface area contributed by atoms with Crippen molar-refractivity contribution in [3.05, 3.63) is 0 Å². The van der Waals surface area contributed by atoms with Crippen LogP contribution < -0.4 is 5.32 Å². The molecule has 98 valence electrons. The van der Waals surface area contributed by atoms with E-state index in [1.54, 1.807) is 0 Å². The van der Waals surface area contributed by atoms with Gasteiger partial charge >= 0.3 is 5.97 Å². The standard InChI is InChI=1S/C13H23NO3/c1-2-14-12-9-16-8-11(12)13(15)17-7-10-5-3-4-6-10/h10-12,14H,2-9H2,1H3. The molecule has 0 aromatic heterocycles. The van der Waals surface area contributed by atoms with Crippen LogP contribution in [0.2, 0.25) is 0 Å². The second-order valence-corrected chi connectivity index (χ2v) is 5.09. The molecule has 0 amide bonds. The largest absolute Gasteiger partial charge is 0.465 e. The van der Waals surface area contributed by atoms with Gasteiger partial charge in [-0.2, -0.15) is 0 Å². The summed E-state index contributed by atoms with van der Waals surface area (Å²) in [6, 6.07) is 0.135. The molecule has 1 N–H and O–H groups in total. The highest BCUT2D eigenvalue weighted by molar-refractivity contribution is 5.73. The molecule has 2 rings (SSSR count). The summed E-state index contributed by atoms with van der Waals surface area (Å²) in [6.45, 7) is 4.63. The number of nitrogens with one attached hydrogen (secondary N) is 1. The average molecular weight is 241 g/mol. The molecule has 4 nitrogen and oxygen atoms in total. The summed E-state index contributed by atoms with van der Waals surface area (Å²) in [5, 5.41) is 3.28. The molecule has 0 bridgehead atoms.